The molecule has 0 N–H and O–H groups in total. The fourth-order valence-electron chi connectivity index (χ4n) is 2.90. The highest BCUT2D eigenvalue weighted by atomic mass is 32.1. The van der Waals surface area contributed by atoms with Crippen LogP contribution in [0.4, 0.5) is 8.78 Å². The van der Waals surface area contributed by atoms with Crippen LogP contribution in [0.3, 0.4) is 0 Å². The quantitative estimate of drug-likeness (QED) is 0.684. The molecule has 0 bridgehead atoms. The third kappa shape index (κ3) is 1.48. The van der Waals surface area contributed by atoms with Gasteiger partial charge in [0.2, 0.25) is 5.82 Å². The van der Waals surface area contributed by atoms with Gasteiger partial charge < -0.3 is 4.74 Å². The van der Waals surface area contributed by atoms with E-state index in [1.54, 1.807) is 0 Å². The van der Waals surface area contributed by atoms with Crippen LogP contribution < -0.4 is 10.2 Å². The molecule has 21 heavy (non-hydrogen) atoms. The topological polar surface area (TPSA) is 30.7 Å². The Morgan fingerprint density at radius 2 is 2.14 bits per heavy atom. The van der Waals surface area contributed by atoms with Gasteiger partial charge in [-0.25, -0.2) is 4.39 Å². The summed E-state index contributed by atoms with van der Waals surface area (Å²) >= 11 is 1.43. The normalized spacial score (nSPS) is 13.6. The molecule has 0 amide bonds. The number of nitrogens with zero attached hydrogens (tertiary/aromatic N) is 1. The molecule has 0 saturated carbocycles. The summed E-state index contributed by atoms with van der Waals surface area (Å²) in [5.74, 6) is -2.26. The molecule has 0 spiro atoms. The van der Waals surface area contributed by atoms with Crippen molar-refractivity contribution < 1.29 is 13.5 Å². The highest BCUT2D eigenvalue weighted by molar-refractivity contribution is 7.15. The van der Waals surface area contributed by atoms with E-state index in [1.165, 1.54) is 11.3 Å². The number of pyridine rings is 1. The van der Waals surface area contributed by atoms with E-state index in [9.17, 15) is 13.6 Å². The summed E-state index contributed by atoms with van der Waals surface area (Å²) in [5.41, 5.74) is 1.57. The van der Waals surface area contributed by atoms with Crippen molar-refractivity contribution in [2.24, 2.45) is 0 Å². The molecule has 6 heteroatoms. The predicted molar refractivity (Wildman–Crippen MR) is 77.4 cm³/mol. The van der Waals surface area contributed by atoms with Crippen molar-refractivity contribution >= 4 is 27.1 Å². The first-order valence-electron chi connectivity index (χ1n) is 6.60. The molecular formula is C15H11F2NO2S. The number of hydrogen-bond acceptors (Lipinski definition) is 3. The third-order valence-electron chi connectivity index (χ3n) is 3.83. The molecule has 0 atom stereocenters. The van der Waals surface area contributed by atoms with Crippen LogP contribution in [-0.4, -0.2) is 4.40 Å². The molecule has 0 radical (unpaired) electrons. The number of hydrogen-bond donors (Lipinski definition) is 0. The molecule has 4 rings (SSSR count). The van der Waals surface area contributed by atoms with Gasteiger partial charge in [-0.3, -0.25) is 9.20 Å². The molecule has 0 aliphatic carbocycles. The standard InChI is InChI=1S/C15H11F2NO2S/c1-6(2)10-13(19)8-3-9(16)11(17)14-12(8)18-7(4-20-14)5-21-15(10)18/h3,5-6H,4H2,1-2H3. The molecule has 1 aliphatic heterocycles. The molecule has 0 unspecified atom stereocenters. The van der Waals surface area contributed by atoms with E-state index in [4.69, 9.17) is 4.74 Å². The van der Waals surface area contributed by atoms with E-state index in [-0.39, 0.29) is 29.1 Å². The van der Waals surface area contributed by atoms with Crippen molar-refractivity contribution in [3.63, 3.8) is 0 Å². The maximum atomic E-state index is 14.0. The minimum Gasteiger partial charge on any atom is -0.482 e. The SMILES string of the molecule is CC(C)c1c(=O)c2cc(F)c(F)c3c2n2c(csc12)CO3. The number of ether oxygens (including phenoxy) is 1. The summed E-state index contributed by atoms with van der Waals surface area (Å²) in [7, 11) is 0. The number of benzene rings is 1. The molecule has 2 aromatic heterocycles. The first-order valence-corrected chi connectivity index (χ1v) is 7.48. The van der Waals surface area contributed by atoms with Gasteiger partial charge in [0.25, 0.3) is 0 Å². The number of aromatic nitrogens is 1. The highest BCUT2D eigenvalue weighted by Crippen LogP contribution is 2.38. The summed E-state index contributed by atoms with van der Waals surface area (Å²) in [6, 6.07) is 0.977. The van der Waals surface area contributed by atoms with Crippen LogP contribution >= 0.6 is 11.3 Å². The zero-order valence-corrected chi connectivity index (χ0v) is 12.2. The van der Waals surface area contributed by atoms with Gasteiger partial charge in [0.05, 0.1) is 11.1 Å². The fourth-order valence-corrected chi connectivity index (χ4v) is 4.10. The van der Waals surface area contributed by atoms with Crippen LogP contribution in [0.25, 0.3) is 15.7 Å². The molecule has 0 saturated heterocycles. The Labute approximate surface area is 122 Å². The van der Waals surface area contributed by atoms with Crippen molar-refractivity contribution in [1.29, 1.82) is 0 Å². The Morgan fingerprint density at radius 3 is 2.86 bits per heavy atom. The van der Waals surface area contributed by atoms with E-state index in [0.29, 0.717) is 11.1 Å². The van der Waals surface area contributed by atoms with Gasteiger partial charge in [0.15, 0.2) is 17.0 Å². The number of halogens is 2. The Morgan fingerprint density at radius 1 is 1.38 bits per heavy atom. The van der Waals surface area contributed by atoms with E-state index in [2.05, 4.69) is 0 Å². The maximum Gasteiger partial charge on any atom is 0.202 e. The second kappa shape index (κ2) is 4.04. The second-order valence-electron chi connectivity index (χ2n) is 5.45. The van der Waals surface area contributed by atoms with Crippen molar-refractivity contribution in [1.82, 2.24) is 4.40 Å². The number of thiazole rings is 1. The van der Waals surface area contributed by atoms with Gasteiger partial charge in [0.1, 0.15) is 17.0 Å². The van der Waals surface area contributed by atoms with E-state index in [1.807, 2.05) is 23.6 Å². The number of rotatable bonds is 1. The minimum atomic E-state index is -1.05. The lowest BCUT2D eigenvalue weighted by atomic mass is 10.0. The summed E-state index contributed by atoms with van der Waals surface area (Å²) in [4.78, 5) is 13.5. The van der Waals surface area contributed by atoms with Crippen LogP contribution in [0.2, 0.25) is 0 Å². The third-order valence-corrected chi connectivity index (χ3v) is 4.85. The maximum absolute atomic E-state index is 14.0. The fraction of sp³-hybridized carbons (Fsp3) is 0.267. The molecule has 3 heterocycles. The lowest BCUT2D eigenvalue weighted by Crippen LogP contribution is -2.19. The van der Waals surface area contributed by atoms with Crippen LogP contribution in [0.15, 0.2) is 16.2 Å². The van der Waals surface area contributed by atoms with Gasteiger partial charge in [-0.15, -0.1) is 11.3 Å². The second-order valence-corrected chi connectivity index (χ2v) is 6.31. The van der Waals surface area contributed by atoms with Gasteiger partial charge in [-0.2, -0.15) is 4.39 Å². The molecule has 3 nitrogen and oxygen atoms in total. The van der Waals surface area contributed by atoms with Gasteiger partial charge in [0, 0.05) is 10.9 Å². The average molecular weight is 307 g/mol. The summed E-state index contributed by atoms with van der Waals surface area (Å²) < 4.78 is 34.9. The van der Waals surface area contributed by atoms with Crippen molar-refractivity contribution in [3.05, 3.63) is 44.6 Å². The van der Waals surface area contributed by atoms with E-state index >= 15 is 0 Å². The first-order chi connectivity index (χ1) is 10.0. The highest BCUT2D eigenvalue weighted by Gasteiger charge is 2.27. The van der Waals surface area contributed by atoms with E-state index in [0.717, 1.165) is 16.6 Å². The molecular weight excluding hydrogens is 296 g/mol. The first kappa shape index (κ1) is 12.8. The summed E-state index contributed by atoms with van der Waals surface area (Å²) in [6.45, 7) is 4.01. The molecule has 0 fully saturated rings. The summed E-state index contributed by atoms with van der Waals surface area (Å²) in [6.07, 6.45) is 0. The zero-order valence-electron chi connectivity index (χ0n) is 11.4. The Kier molecular flexibility index (Phi) is 2.45. The predicted octanol–water partition coefficient (Wildman–Crippen LogP) is 3.81. The van der Waals surface area contributed by atoms with Gasteiger partial charge in [-0.1, -0.05) is 13.8 Å². The largest absolute Gasteiger partial charge is 0.482 e. The molecule has 108 valence electrons. The average Bonchev–Trinajstić information content (AvgIpc) is 2.86. The molecule has 1 aliphatic rings. The minimum absolute atomic E-state index is 0.000286. The van der Waals surface area contributed by atoms with Crippen LogP contribution in [0.1, 0.15) is 31.0 Å². The Hall–Kier alpha value is -1.95. The van der Waals surface area contributed by atoms with Crippen LogP contribution in [-0.2, 0) is 6.61 Å². The lowest BCUT2D eigenvalue weighted by molar-refractivity contribution is 0.275. The van der Waals surface area contributed by atoms with E-state index < -0.39 is 11.6 Å². The zero-order chi connectivity index (χ0) is 14.9. The monoisotopic (exact) mass is 307 g/mol. The van der Waals surface area contributed by atoms with Gasteiger partial charge in [-0.05, 0) is 12.0 Å². The van der Waals surface area contributed by atoms with Crippen LogP contribution in [0.5, 0.6) is 5.75 Å². The lowest BCUT2D eigenvalue weighted by Gasteiger charge is -2.20. The van der Waals surface area contributed by atoms with Gasteiger partial charge >= 0.3 is 0 Å². The van der Waals surface area contributed by atoms with Crippen molar-refractivity contribution in [3.8, 4) is 5.75 Å². The van der Waals surface area contributed by atoms with Crippen molar-refractivity contribution in [2.75, 3.05) is 0 Å². The molecule has 3 aromatic rings. The van der Waals surface area contributed by atoms with Crippen LogP contribution in [0, 0.1) is 11.6 Å². The smallest absolute Gasteiger partial charge is 0.202 e. The Bertz CT molecular complexity index is 972. The Balaban J connectivity index is 2.39. The molecule has 1 aromatic carbocycles. The van der Waals surface area contributed by atoms with Crippen molar-refractivity contribution in [2.45, 2.75) is 26.4 Å². The summed E-state index contributed by atoms with van der Waals surface area (Å²) in [5, 5.41) is 2.06.